The van der Waals surface area contributed by atoms with Crippen molar-refractivity contribution < 1.29 is 15.0 Å². The van der Waals surface area contributed by atoms with Gasteiger partial charge in [0.1, 0.15) is 11.2 Å². The van der Waals surface area contributed by atoms with Gasteiger partial charge in [0.2, 0.25) is 0 Å². The van der Waals surface area contributed by atoms with Crippen LogP contribution in [0.25, 0.3) is 5.65 Å². The van der Waals surface area contributed by atoms with Crippen LogP contribution in [0.4, 0.5) is 0 Å². The number of likely N-dealkylation sites (tertiary alicyclic amines) is 1. The van der Waals surface area contributed by atoms with Gasteiger partial charge in [-0.05, 0) is 29.5 Å². The third-order valence-corrected chi connectivity index (χ3v) is 6.53. The topological polar surface area (TPSA) is 95.1 Å². The second kappa shape index (κ2) is 6.50. The Morgan fingerprint density at radius 2 is 1.93 bits per heavy atom. The molecule has 1 saturated heterocycles. The number of benzene rings is 1. The van der Waals surface area contributed by atoms with Gasteiger partial charge in [-0.1, -0.05) is 36.4 Å². The number of amides is 1. The third kappa shape index (κ3) is 2.54. The van der Waals surface area contributed by atoms with E-state index < -0.39 is 23.0 Å². The molecule has 3 heterocycles. The number of β-amino-alcohol motifs (C(OH)–C–C–N with tert-alkyl or cyclic N) is 1. The van der Waals surface area contributed by atoms with Gasteiger partial charge in [0, 0.05) is 37.5 Å². The molecular weight excluding hydrogens is 370 g/mol. The van der Waals surface area contributed by atoms with E-state index in [1.807, 2.05) is 30.3 Å². The van der Waals surface area contributed by atoms with Gasteiger partial charge in [-0.3, -0.25) is 14.0 Å². The predicted molar refractivity (Wildman–Crippen MR) is 106 cm³/mol. The molecule has 3 aromatic rings. The van der Waals surface area contributed by atoms with E-state index in [1.54, 1.807) is 24.4 Å². The van der Waals surface area contributed by atoms with Crippen molar-refractivity contribution in [2.75, 3.05) is 19.7 Å². The first-order valence-electron chi connectivity index (χ1n) is 9.67. The molecule has 1 saturated carbocycles. The zero-order chi connectivity index (χ0) is 20.2. The van der Waals surface area contributed by atoms with E-state index >= 15 is 0 Å². The van der Waals surface area contributed by atoms with Crippen LogP contribution in [0.5, 0.6) is 0 Å². The summed E-state index contributed by atoms with van der Waals surface area (Å²) in [4.78, 5) is 31.6. The zero-order valence-corrected chi connectivity index (χ0v) is 15.7. The molecule has 148 valence electrons. The van der Waals surface area contributed by atoms with Crippen LogP contribution in [0.2, 0.25) is 0 Å². The SMILES string of the molecule is O=C(c1cnc2ccccn2c1=O)N1C[C@H](O)[C@@]2(C1)[C@H](CO)[C@H]2c1ccccc1. The number of rotatable bonds is 3. The maximum atomic E-state index is 13.1. The van der Waals surface area contributed by atoms with Gasteiger partial charge in [-0.2, -0.15) is 0 Å². The average Bonchev–Trinajstić information content (AvgIpc) is 3.29. The fourth-order valence-corrected chi connectivity index (χ4v) is 5.07. The lowest BCUT2D eigenvalue weighted by Gasteiger charge is -2.16. The maximum absolute atomic E-state index is 13.1. The minimum Gasteiger partial charge on any atom is -0.396 e. The van der Waals surface area contributed by atoms with Crippen molar-refractivity contribution >= 4 is 11.6 Å². The summed E-state index contributed by atoms with van der Waals surface area (Å²) in [6, 6.07) is 14.9. The number of aromatic nitrogens is 2. The molecule has 1 aliphatic heterocycles. The highest BCUT2D eigenvalue weighted by Crippen LogP contribution is 2.68. The second-order valence-corrected chi connectivity index (χ2v) is 7.90. The smallest absolute Gasteiger partial charge is 0.270 e. The quantitative estimate of drug-likeness (QED) is 0.692. The van der Waals surface area contributed by atoms with Gasteiger partial charge in [0.25, 0.3) is 11.5 Å². The number of carbonyl (C=O) groups is 1. The minimum absolute atomic E-state index is 0.0164. The number of carbonyl (C=O) groups excluding carboxylic acids is 1. The van der Waals surface area contributed by atoms with Crippen molar-refractivity contribution in [2.45, 2.75) is 12.0 Å². The molecule has 1 aromatic carbocycles. The maximum Gasteiger partial charge on any atom is 0.270 e. The van der Waals surface area contributed by atoms with Crippen molar-refractivity contribution in [1.82, 2.24) is 14.3 Å². The molecule has 0 bridgehead atoms. The van der Waals surface area contributed by atoms with E-state index in [0.29, 0.717) is 12.2 Å². The third-order valence-electron chi connectivity index (χ3n) is 6.53. The van der Waals surface area contributed by atoms with Gasteiger partial charge < -0.3 is 15.1 Å². The summed E-state index contributed by atoms with van der Waals surface area (Å²) >= 11 is 0. The first-order valence-corrected chi connectivity index (χ1v) is 9.67. The van der Waals surface area contributed by atoms with Crippen LogP contribution >= 0.6 is 0 Å². The van der Waals surface area contributed by atoms with Gasteiger partial charge in [-0.15, -0.1) is 0 Å². The van der Waals surface area contributed by atoms with Crippen LogP contribution in [0.15, 0.2) is 65.7 Å². The molecule has 7 nitrogen and oxygen atoms in total. The van der Waals surface area contributed by atoms with E-state index in [2.05, 4.69) is 4.98 Å². The molecule has 5 rings (SSSR count). The van der Waals surface area contributed by atoms with E-state index in [0.717, 1.165) is 5.56 Å². The monoisotopic (exact) mass is 391 g/mol. The van der Waals surface area contributed by atoms with Crippen LogP contribution in [0.1, 0.15) is 21.8 Å². The van der Waals surface area contributed by atoms with Crippen LogP contribution in [-0.2, 0) is 0 Å². The number of aliphatic hydroxyl groups is 2. The molecule has 2 N–H and O–H groups in total. The molecule has 2 aliphatic rings. The second-order valence-electron chi connectivity index (χ2n) is 7.90. The predicted octanol–water partition coefficient (Wildman–Crippen LogP) is 0.903. The summed E-state index contributed by atoms with van der Waals surface area (Å²) < 4.78 is 1.34. The Balaban J connectivity index is 1.47. The Bertz CT molecular complexity index is 1150. The lowest BCUT2D eigenvalue weighted by molar-refractivity contribution is 0.0761. The molecule has 0 unspecified atom stereocenters. The highest BCUT2D eigenvalue weighted by molar-refractivity contribution is 5.94. The van der Waals surface area contributed by atoms with Crippen molar-refractivity contribution in [2.24, 2.45) is 11.3 Å². The Morgan fingerprint density at radius 3 is 2.69 bits per heavy atom. The van der Waals surface area contributed by atoms with Crippen LogP contribution in [0, 0.1) is 11.3 Å². The highest BCUT2D eigenvalue weighted by atomic mass is 16.3. The Labute approximate surface area is 166 Å². The largest absolute Gasteiger partial charge is 0.396 e. The molecule has 1 aliphatic carbocycles. The standard InChI is InChI=1S/C22H21N3O4/c26-12-16-19(14-6-2-1-3-7-14)22(16)13-24(11-17(22)27)20(28)15-10-23-18-8-4-5-9-25(18)21(15)29/h1-10,16-17,19,26-27H,11-13H2/t16-,17+,19-,22-/m1/s1. The molecule has 29 heavy (non-hydrogen) atoms. The molecule has 1 amide bonds. The summed E-state index contributed by atoms with van der Waals surface area (Å²) in [6.45, 7) is 0.378. The fourth-order valence-electron chi connectivity index (χ4n) is 5.07. The van der Waals surface area contributed by atoms with Crippen molar-refractivity contribution in [3.63, 3.8) is 0 Å². The first kappa shape index (κ1) is 18.0. The van der Waals surface area contributed by atoms with E-state index in [9.17, 15) is 19.8 Å². The number of hydrogen-bond acceptors (Lipinski definition) is 5. The summed E-state index contributed by atoms with van der Waals surface area (Å²) in [5.74, 6) is -0.571. The van der Waals surface area contributed by atoms with Crippen LogP contribution < -0.4 is 5.56 Å². The summed E-state index contributed by atoms with van der Waals surface area (Å²) in [5, 5.41) is 20.8. The van der Waals surface area contributed by atoms with Crippen LogP contribution in [-0.4, -0.2) is 56.2 Å². The zero-order valence-electron chi connectivity index (χ0n) is 15.7. The normalized spacial score (nSPS) is 28.2. The lowest BCUT2D eigenvalue weighted by atomic mass is 9.95. The first-order chi connectivity index (χ1) is 14.1. The van der Waals surface area contributed by atoms with Crippen molar-refractivity contribution in [3.05, 3.63) is 82.4 Å². The Kier molecular flexibility index (Phi) is 4.04. The highest BCUT2D eigenvalue weighted by Gasteiger charge is 2.71. The average molecular weight is 391 g/mol. The minimum atomic E-state index is -0.759. The molecular formula is C22H21N3O4. The van der Waals surface area contributed by atoms with Crippen molar-refractivity contribution in [1.29, 1.82) is 0 Å². The number of nitrogens with zero attached hydrogens (tertiary/aromatic N) is 3. The molecule has 2 fully saturated rings. The van der Waals surface area contributed by atoms with Gasteiger partial charge >= 0.3 is 0 Å². The number of fused-ring (bicyclic) bond motifs is 1. The van der Waals surface area contributed by atoms with Crippen LogP contribution in [0.3, 0.4) is 0 Å². The summed E-state index contributed by atoms with van der Waals surface area (Å²) in [5.41, 5.74) is 0.498. The molecule has 4 atom stereocenters. The number of pyridine rings is 1. The Morgan fingerprint density at radius 1 is 1.17 bits per heavy atom. The lowest BCUT2D eigenvalue weighted by Crippen LogP contribution is -2.35. The molecule has 1 spiro atoms. The molecule has 7 heteroatoms. The molecule has 0 radical (unpaired) electrons. The van der Waals surface area contributed by atoms with Gasteiger partial charge in [-0.25, -0.2) is 4.98 Å². The number of aliphatic hydroxyl groups excluding tert-OH is 2. The molecule has 2 aromatic heterocycles. The van der Waals surface area contributed by atoms with E-state index in [4.69, 9.17) is 0 Å². The van der Waals surface area contributed by atoms with E-state index in [-0.39, 0.29) is 30.6 Å². The number of hydrogen-bond donors (Lipinski definition) is 2. The van der Waals surface area contributed by atoms with Gasteiger partial charge in [0.15, 0.2) is 0 Å². The summed E-state index contributed by atoms with van der Waals surface area (Å²) in [7, 11) is 0. The van der Waals surface area contributed by atoms with Crippen molar-refractivity contribution in [3.8, 4) is 0 Å². The fraction of sp³-hybridized carbons (Fsp3) is 0.318. The Hall–Kier alpha value is -3.03. The summed E-state index contributed by atoms with van der Waals surface area (Å²) in [6.07, 6.45) is 2.13. The van der Waals surface area contributed by atoms with Gasteiger partial charge in [0.05, 0.1) is 6.10 Å². The van der Waals surface area contributed by atoms with E-state index in [1.165, 1.54) is 15.5 Å².